The normalized spacial score (nSPS) is 14.9. The van der Waals surface area contributed by atoms with Gasteiger partial charge in [0.1, 0.15) is 5.56 Å². The van der Waals surface area contributed by atoms with Crippen LogP contribution in [0.5, 0.6) is 0 Å². The quantitative estimate of drug-likeness (QED) is 0.753. The predicted molar refractivity (Wildman–Crippen MR) is 72.3 cm³/mol. The van der Waals surface area contributed by atoms with Crippen LogP contribution in [0.1, 0.15) is 48.3 Å². The molecular weight excluding hydrogens is 244 g/mol. The lowest BCUT2D eigenvalue weighted by molar-refractivity contribution is 0.0867. The predicted octanol–water partition coefficient (Wildman–Crippen LogP) is 0.754. The van der Waals surface area contributed by atoms with Gasteiger partial charge in [0.2, 0.25) is 0 Å². The number of carbonyl (C=O) groups excluding carboxylic acids is 1. The summed E-state index contributed by atoms with van der Waals surface area (Å²) in [5, 5.41) is 11.8. The number of nitrogens with one attached hydrogen (secondary N) is 2. The van der Waals surface area contributed by atoms with E-state index in [1.165, 1.54) is 0 Å². The summed E-state index contributed by atoms with van der Waals surface area (Å²) in [6, 6.07) is 1.69. The van der Waals surface area contributed by atoms with Gasteiger partial charge in [0.05, 0.1) is 12.1 Å². The molecule has 0 radical (unpaired) electrons. The highest BCUT2D eigenvalue weighted by molar-refractivity contribution is 5.94. The standard InChI is InChI=1S/C14H20N2O3/c1-14(2,8-17)16-13(19)10-7-9-5-3-4-6-11(9)15-12(10)18/h7,17H,3-6,8H2,1-2H3,(H,15,18)(H,16,19). The first-order chi connectivity index (χ1) is 8.93. The number of amides is 1. The molecule has 0 saturated heterocycles. The lowest BCUT2D eigenvalue weighted by Crippen LogP contribution is -2.47. The minimum Gasteiger partial charge on any atom is -0.394 e. The molecule has 5 heteroatoms. The summed E-state index contributed by atoms with van der Waals surface area (Å²) in [4.78, 5) is 26.8. The largest absolute Gasteiger partial charge is 0.394 e. The monoisotopic (exact) mass is 264 g/mol. The fourth-order valence-corrected chi connectivity index (χ4v) is 2.26. The number of carbonyl (C=O) groups is 1. The third-order valence-corrected chi connectivity index (χ3v) is 3.43. The fourth-order valence-electron chi connectivity index (χ4n) is 2.26. The van der Waals surface area contributed by atoms with Crippen molar-refractivity contribution in [2.24, 2.45) is 0 Å². The highest BCUT2D eigenvalue weighted by atomic mass is 16.3. The van der Waals surface area contributed by atoms with Crippen molar-refractivity contribution in [2.75, 3.05) is 6.61 Å². The zero-order chi connectivity index (χ0) is 14.0. The van der Waals surface area contributed by atoms with Gasteiger partial charge in [-0.25, -0.2) is 0 Å². The molecule has 1 amide bonds. The Bertz CT molecular complexity index is 546. The van der Waals surface area contributed by atoms with Crippen LogP contribution < -0.4 is 10.9 Å². The van der Waals surface area contributed by atoms with Crippen molar-refractivity contribution in [2.45, 2.75) is 45.1 Å². The van der Waals surface area contributed by atoms with E-state index in [0.29, 0.717) is 0 Å². The van der Waals surface area contributed by atoms with Crippen LogP contribution in [0.15, 0.2) is 10.9 Å². The molecule has 19 heavy (non-hydrogen) atoms. The van der Waals surface area contributed by atoms with Crippen LogP contribution in [0.4, 0.5) is 0 Å². The Labute approximate surface area is 112 Å². The Morgan fingerprint density at radius 3 is 2.79 bits per heavy atom. The van der Waals surface area contributed by atoms with Gasteiger partial charge in [-0.3, -0.25) is 9.59 Å². The van der Waals surface area contributed by atoms with E-state index in [0.717, 1.165) is 36.9 Å². The van der Waals surface area contributed by atoms with Crippen LogP contribution in [0, 0.1) is 0 Å². The highest BCUT2D eigenvalue weighted by Crippen LogP contribution is 2.18. The van der Waals surface area contributed by atoms with Gasteiger partial charge in [-0.05, 0) is 51.2 Å². The van der Waals surface area contributed by atoms with Crippen molar-refractivity contribution >= 4 is 5.91 Å². The van der Waals surface area contributed by atoms with Gasteiger partial charge >= 0.3 is 0 Å². The number of H-pyrrole nitrogens is 1. The van der Waals surface area contributed by atoms with Crippen molar-refractivity contribution < 1.29 is 9.90 Å². The van der Waals surface area contributed by atoms with Crippen molar-refractivity contribution in [1.29, 1.82) is 0 Å². The van der Waals surface area contributed by atoms with Crippen LogP contribution in [0.2, 0.25) is 0 Å². The molecule has 3 N–H and O–H groups in total. The molecule has 1 aliphatic carbocycles. The molecule has 1 aromatic heterocycles. The molecule has 0 saturated carbocycles. The maximum Gasteiger partial charge on any atom is 0.261 e. The zero-order valence-electron chi connectivity index (χ0n) is 11.4. The Balaban J connectivity index is 2.30. The van der Waals surface area contributed by atoms with Crippen LogP contribution >= 0.6 is 0 Å². The summed E-state index contributed by atoms with van der Waals surface area (Å²) >= 11 is 0. The summed E-state index contributed by atoms with van der Waals surface area (Å²) < 4.78 is 0. The third kappa shape index (κ3) is 3.04. The van der Waals surface area contributed by atoms with E-state index >= 15 is 0 Å². The number of pyridine rings is 1. The van der Waals surface area contributed by atoms with Gasteiger partial charge in [0, 0.05) is 5.69 Å². The summed E-state index contributed by atoms with van der Waals surface area (Å²) in [5.74, 6) is -0.436. The second-order valence-electron chi connectivity index (χ2n) is 5.72. The van der Waals surface area contributed by atoms with E-state index in [1.54, 1.807) is 19.9 Å². The second kappa shape index (κ2) is 5.17. The molecule has 1 aromatic rings. The molecule has 0 unspecified atom stereocenters. The molecule has 0 aliphatic heterocycles. The minimum absolute atomic E-state index is 0.127. The Kier molecular flexibility index (Phi) is 3.75. The number of rotatable bonds is 3. The van der Waals surface area contributed by atoms with E-state index in [4.69, 9.17) is 5.11 Å². The second-order valence-corrected chi connectivity index (χ2v) is 5.72. The van der Waals surface area contributed by atoms with Crippen molar-refractivity contribution in [3.05, 3.63) is 33.2 Å². The number of aromatic nitrogens is 1. The maximum atomic E-state index is 12.1. The summed E-state index contributed by atoms with van der Waals surface area (Å²) in [6.07, 6.45) is 3.93. The van der Waals surface area contributed by atoms with E-state index in [9.17, 15) is 9.59 Å². The molecule has 0 bridgehead atoms. The van der Waals surface area contributed by atoms with Gasteiger partial charge in [-0.2, -0.15) is 0 Å². The zero-order valence-corrected chi connectivity index (χ0v) is 11.4. The number of aliphatic hydroxyl groups is 1. The molecule has 104 valence electrons. The van der Waals surface area contributed by atoms with E-state index in [2.05, 4.69) is 10.3 Å². The molecule has 0 atom stereocenters. The van der Waals surface area contributed by atoms with Gasteiger partial charge in [0.15, 0.2) is 0 Å². The first-order valence-corrected chi connectivity index (χ1v) is 6.61. The summed E-state index contributed by atoms with van der Waals surface area (Å²) in [6.45, 7) is 3.23. The van der Waals surface area contributed by atoms with Crippen molar-refractivity contribution in [1.82, 2.24) is 10.3 Å². The molecule has 1 heterocycles. The summed E-state index contributed by atoms with van der Waals surface area (Å²) in [7, 11) is 0. The number of aliphatic hydroxyl groups excluding tert-OH is 1. The number of aromatic amines is 1. The van der Waals surface area contributed by atoms with E-state index in [1.807, 2.05) is 0 Å². The Hall–Kier alpha value is -1.62. The van der Waals surface area contributed by atoms with E-state index in [-0.39, 0.29) is 17.7 Å². The van der Waals surface area contributed by atoms with Gasteiger partial charge in [-0.1, -0.05) is 0 Å². The summed E-state index contributed by atoms with van der Waals surface area (Å²) in [5.41, 5.74) is 1.04. The number of fused-ring (bicyclic) bond motifs is 1. The molecule has 5 nitrogen and oxygen atoms in total. The van der Waals surface area contributed by atoms with Gasteiger partial charge in [-0.15, -0.1) is 0 Å². The maximum absolute atomic E-state index is 12.1. The number of aryl methyl sites for hydroxylation is 2. The molecule has 0 spiro atoms. The minimum atomic E-state index is -0.737. The molecule has 0 fully saturated rings. The number of hydrogen-bond acceptors (Lipinski definition) is 3. The molecular formula is C14H20N2O3. The lowest BCUT2D eigenvalue weighted by Gasteiger charge is -2.23. The lowest BCUT2D eigenvalue weighted by atomic mass is 9.94. The Morgan fingerprint density at radius 1 is 1.42 bits per heavy atom. The van der Waals surface area contributed by atoms with Gasteiger partial charge in [0.25, 0.3) is 11.5 Å². The van der Waals surface area contributed by atoms with Crippen LogP contribution in [0.25, 0.3) is 0 Å². The number of hydrogen-bond donors (Lipinski definition) is 3. The average Bonchev–Trinajstić information content (AvgIpc) is 2.37. The van der Waals surface area contributed by atoms with Crippen molar-refractivity contribution in [3.63, 3.8) is 0 Å². The molecule has 2 rings (SSSR count). The molecule has 1 aliphatic rings. The first kappa shape index (κ1) is 13.8. The smallest absolute Gasteiger partial charge is 0.261 e. The van der Waals surface area contributed by atoms with Gasteiger partial charge < -0.3 is 15.4 Å². The SMILES string of the molecule is CC(C)(CO)NC(=O)c1cc2c([nH]c1=O)CCCC2. The molecule has 0 aromatic carbocycles. The average molecular weight is 264 g/mol. The fraction of sp³-hybridized carbons (Fsp3) is 0.571. The van der Waals surface area contributed by atoms with Crippen molar-refractivity contribution in [3.8, 4) is 0 Å². The van der Waals surface area contributed by atoms with E-state index < -0.39 is 11.4 Å². The first-order valence-electron chi connectivity index (χ1n) is 6.61. The van der Waals surface area contributed by atoms with Crippen LogP contribution in [-0.4, -0.2) is 28.1 Å². The topological polar surface area (TPSA) is 82.2 Å². The van der Waals surface area contributed by atoms with Crippen LogP contribution in [0.3, 0.4) is 0 Å². The Morgan fingerprint density at radius 2 is 2.11 bits per heavy atom. The van der Waals surface area contributed by atoms with Crippen LogP contribution in [-0.2, 0) is 12.8 Å². The third-order valence-electron chi connectivity index (χ3n) is 3.43. The highest BCUT2D eigenvalue weighted by Gasteiger charge is 2.23.